The summed E-state index contributed by atoms with van der Waals surface area (Å²) in [5, 5.41) is 7.08. The lowest BCUT2D eigenvalue weighted by Gasteiger charge is -2.16. The molecule has 1 N–H and O–H groups in total. The fourth-order valence-electron chi connectivity index (χ4n) is 2.44. The van der Waals surface area contributed by atoms with Crippen molar-refractivity contribution in [1.29, 1.82) is 0 Å². The minimum atomic E-state index is -0.441. The van der Waals surface area contributed by atoms with Crippen molar-refractivity contribution in [3.63, 3.8) is 0 Å². The van der Waals surface area contributed by atoms with E-state index in [1.165, 1.54) is 7.11 Å². The number of benzene rings is 1. The molecule has 2 heterocycles. The molecule has 0 spiro atoms. The standard InChI is InChI=1S/C18H17N3O4/c1-24-18(23)14-7-5-13(6-8-14)17(22)19-12-15(16-4-2-11-25-16)21-10-3-9-20-21/h2-11,15H,12H2,1H3,(H,19,22). The Hall–Kier alpha value is -3.35. The minimum Gasteiger partial charge on any atom is -0.467 e. The molecule has 1 atom stereocenters. The van der Waals surface area contributed by atoms with Crippen molar-refractivity contribution in [2.75, 3.05) is 13.7 Å². The number of amides is 1. The van der Waals surface area contributed by atoms with Crippen LogP contribution in [0.2, 0.25) is 0 Å². The number of nitrogens with one attached hydrogen (secondary N) is 1. The summed E-state index contributed by atoms with van der Waals surface area (Å²) in [7, 11) is 1.31. The van der Waals surface area contributed by atoms with Gasteiger partial charge in [-0.15, -0.1) is 0 Å². The fraction of sp³-hybridized carbons (Fsp3) is 0.167. The van der Waals surface area contributed by atoms with Crippen molar-refractivity contribution >= 4 is 11.9 Å². The van der Waals surface area contributed by atoms with Crippen LogP contribution in [0, 0.1) is 0 Å². The molecule has 0 bridgehead atoms. The monoisotopic (exact) mass is 339 g/mol. The molecule has 25 heavy (non-hydrogen) atoms. The molecular weight excluding hydrogens is 322 g/mol. The average molecular weight is 339 g/mol. The molecule has 0 aliphatic rings. The third-order valence-electron chi connectivity index (χ3n) is 3.74. The van der Waals surface area contributed by atoms with Crippen LogP contribution in [0.5, 0.6) is 0 Å². The van der Waals surface area contributed by atoms with Gasteiger partial charge >= 0.3 is 5.97 Å². The Kier molecular flexibility index (Phi) is 4.94. The number of nitrogens with zero attached hydrogens (tertiary/aromatic N) is 2. The van der Waals surface area contributed by atoms with Gasteiger partial charge in [0.25, 0.3) is 5.91 Å². The van der Waals surface area contributed by atoms with E-state index in [1.54, 1.807) is 47.5 Å². The molecule has 0 saturated heterocycles. The van der Waals surface area contributed by atoms with Crippen molar-refractivity contribution in [2.45, 2.75) is 6.04 Å². The largest absolute Gasteiger partial charge is 0.467 e. The maximum absolute atomic E-state index is 12.4. The van der Waals surface area contributed by atoms with Gasteiger partial charge in [-0.1, -0.05) is 0 Å². The van der Waals surface area contributed by atoms with Gasteiger partial charge in [-0.05, 0) is 42.5 Å². The molecule has 1 aromatic carbocycles. The Labute approximate surface area is 144 Å². The SMILES string of the molecule is COC(=O)c1ccc(C(=O)NCC(c2ccco2)n2cccn2)cc1. The van der Waals surface area contributed by atoms with Gasteiger partial charge in [0.2, 0.25) is 0 Å². The van der Waals surface area contributed by atoms with Gasteiger partial charge in [-0.3, -0.25) is 9.48 Å². The molecule has 1 unspecified atom stereocenters. The molecule has 1 amide bonds. The third-order valence-corrected chi connectivity index (χ3v) is 3.74. The molecule has 2 aromatic heterocycles. The number of methoxy groups -OCH3 is 1. The second kappa shape index (κ2) is 7.48. The first-order valence-electron chi connectivity index (χ1n) is 7.68. The molecule has 0 aliphatic carbocycles. The van der Waals surface area contributed by atoms with E-state index in [4.69, 9.17) is 4.42 Å². The Morgan fingerprint density at radius 2 is 1.96 bits per heavy atom. The number of hydrogen-bond donors (Lipinski definition) is 1. The summed E-state index contributed by atoms with van der Waals surface area (Å²) in [5.41, 5.74) is 0.843. The van der Waals surface area contributed by atoms with E-state index >= 15 is 0 Å². The summed E-state index contributed by atoms with van der Waals surface area (Å²) >= 11 is 0. The zero-order chi connectivity index (χ0) is 17.6. The highest BCUT2D eigenvalue weighted by atomic mass is 16.5. The van der Waals surface area contributed by atoms with E-state index in [0.717, 1.165) is 0 Å². The Morgan fingerprint density at radius 1 is 1.20 bits per heavy atom. The molecule has 0 aliphatic heterocycles. The molecule has 3 rings (SSSR count). The molecular formula is C18H17N3O4. The Balaban J connectivity index is 1.69. The molecule has 0 fully saturated rings. The van der Waals surface area contributed by atoms with E-state index in [2.05, 4.69) is 15.2 Å². The van der Waals surface area contributed by atoms with Gasteiger partial charge in [0.15, 0.2) is 0 Å². The van der Waals surface area contributed by atoms with Gasteiger partial charge in [0.05, 0.1) is 18.9 Å². The number of esters is 1. The van der Waals surface area contributed by atoms with Crippen molar-refractivity contribution in [1.82, 2.24) is 15.1 Å². The number of hydrogen-bond acceptors (Lipinski definition) is 5. The number of carbonyl (C=O) groups is 2. The summed E-state index contributed by atoms with van der Waals surface area (Å²) in [5.74, 6) is 0.00805. The Morgan fingerprint density at radius 3 is 2.56 bits per heavy atom. The number of rotatable bonds is 6. The van der Waals surface area contributed by atoms with Gasteiger partial charge < -0.3 is 14.5 Å². The minimum absolute atomic E-state index is 0.247. The van der Waals surface area contributed by atoms with Gasteiger partial charge in [-0.25, -0.2) is 4.79 Å². The van der Waals surface area contributed by atoms with Gasteiger partial charge in [0, 0.05) is 24.5 Å². The fourth-order valence-corrected chi connectivity index (χ4v) is 2.44. The highest BCUT2D eigenvalue weighted by molar-refractivity contribution is 5.96. The summed E-state index contributed by atoms with van der Waals surface area (Å²) in [4.78, 5) is 23.8. The topological polar surface area (TPSA) is 86.4 Å². The first-order chi connectivity index (χ1) is 12.2. The van der Waals surface area contributed by atoms with Crippen LogP contribution in [-0.4, -0.2) is 35.3 Å². The average Bonchev–Trinajstić information content (AvgIpc) is 3.35. The van der Waals surface area contributed by atoms with Crippen LogP contribution in [-0.2, 0) is 4.74 Å². The van der Waals surface area contributed by atoms with E-state index in [9.17, 15) is 9.59 Å². The van der Waals surface area contributed by atoms with Crippen LogP contribution in [0.4, 0.5) is 0 Å². The molecule has 7 heteroatoms. The van der Waals surface area contributed by atoms with E-state index < -0.39 is 5.97 Å². The summed E-state index contributed by atoms with van der Waals surface area (Å²) in [6.45, 7) is 0.312. The van der Waals surface area contributed by atoms with Crippen molar-refractivity contribution in [3.8, 4) is 0 Å². The predicted molar refractivity (Wildman–Crippen MR) is 89.2 cm³/mol. The highest BCUT2D eigenvalue weighted by Crippen LogP contribution is 2.17. The van der Waals surface area contributed by atoms with Crippen LogP contribution in [0.3, 0.4) is 0 Å². The van der Waals surface area contributed by atoms with E-state index in [0.29, 0.717) is 23.4 Å². The molecule has 128 valence electrons. The predicted octanol–water partition coefficient (Wildman–Crippen LogP) is 2.28. The number of carbonyl (C=O) groups excluding carboxylic acids is 2. The first kappa shape index (κ1) is 16.5. The van der Waals surface area contributed by atoms with Crippen LogP contribution in [0.1, 0.15) is 32.5 Å². The van der Waals surface area contributed by atoms with Crippen LogP contribution in [0.25, 0.3) is 0 Å². The lowest BCUT2D eigenvalue weighted by atomic mass is 10.1. The number of aromatic nitrogens is 2. The number of ether oxygens (including phenoxy) is 1. The second-order valence-electron chi connectivity index (χ2n) is 5.30. The quantitative estimate of drug-likeness (QED) is 0.696. The molecule has 0 saturated carbocycles. The lowest BCUT2D eigenvalue weighted by molar-refractivity contribution is 0.0600. The first-order valence-corrected chi connectivity index (χ1v) is 7.68. The zero-order valence-electron chi connectivity index (χ0n) is 13.6. The summed E-state index contributed by atoms with van der Waals surface area (Å²) in [6, 6.07) is 11.5. The van der Waals surface area contributed by atoms with Gasteiger partial charge in [0.1, 0.15) is 11.8 Å². The maximum atomic E-state index is 12.4. The van der Waals surface area contributed by atoms with Crippen LogP contribution < -0.4 is 5.32 Å². The maximum Gasteiger partial charge on any atom is 0.337 e. The van der Waals surface area contributed by atoms with Crippen molar-refractivity contribution in [2.24, 2.45) is 0 Å². The van der Waals surface area contributed by atoms with Gasteiger partial charge in [-0.2, -0.15) is 5.10 Å². The number of furan rings is 1. The van der Waals surface area contributed by atoms with E-state index in [1.807, 2.05) is 18.3 Å². The van der Waals surface area contributed by atoms with Crippen molar-refractivity contribution in [3.05, 3.63) is 78.0 Å². The summed E-state index contributed by atoms with van der Waals surface area (Å²) < 4.78 is 11.8. The molecule has 0 radical (unpaired) electrons. The molecule has 7 nitrogen and oxygen atoms in total. The zero-order valence-corrected chi connectivity index (χ0v) is 13.6. The van der Waals surface area contributed by atoms with Crippen LogP contribution >= 0.6 is 0 Å². The van der Waals surface area contributed by atoms with Crippen LogP contribution in [0.15, 0.2) is 65.5 Å². The highest BCUT2D eigenvalue weighted by Gasteiger charge is 2.18. The normalized spacial score (nSPS) is 11.7. The van der Waals surface area contributed by atoms with Crippen molar-refractivity contribution < 1.29 is 18.7 Å². The lowest BCUT2D eigenvalue weighted by Crippen LogP contribution is -2.31. The van der Waals surface area contributed by atoms with E-state index in [-0.39, 0.29) is 11.9 Å². The third kappa shape index (κ3) is 3.77. The summed E-state index contributed by atoms with van der Waals surface area (Å²) in [6.07, 6.45) is 5.06. The smallest absolute Gasteiger partial charge is 0.337 e. The molecule has 3 aromatic rings. The Bertz CT molecular complexity index is 790. The second-order valence-corrected chi connectivity index (χ2v) is 5.30.